The van der Waals surface area contributed by atoms with Crippen LogP contribution in [-0.2, 0) is 28.9 Å². The lowest BCUT2D eigenvalue weighted by Gasteiger charge is -2.31. The smallest absolute Gasteiger partial charge is 0.431 e. The number of imidazole rings is 1. The number of phosphoric ester groups is 1. The molecule has 1 aromatic carbocycles. The van der Waals surface area contributed by atoms with Crippen molar-refractivity contribution < 1.29 is 46.7 Å². The lowest BCUT2D eigenvalue weighted by atomic mass is 9.92. The summed E-state index contributed by atoms with van der Waals surface area (Å²) in [5.74, 6) is -2.68. The van der Waals surface area contributed by atoms with Crippen molar-refractivity contribution in [3.05, 3.63) is 23.3 Å². The van der Waals surface area contributed by atoms with E-state index in [0.29, 0.717) is 0 Å². The summed E-state index contributed by atoms with van der Waals surface area (Å²) < 4.78 is 58.0. The molecule has 226 valence electrons. The second kappa shape index (κ2) is 12.0. The SMILES string of the molecule is CC(C)(C)CC(=O)N(COC(=O)OC1CCC(OP(=O)(O)O)CC1)c1nc2c(F)cc(C#N)c(F)c2n1C(C)(C)C. The van der Waals surface area contributed by atoms with Gasteiger partial charge in [-0.3, -0.25) is 9.32 Å². The highest BCUT2D eigenvalue weighted by Crippen LogP contribution is 2.41. The summed E-state index contributed by atoms with van der Waals surface area (Å²) in [5, 5.41) is 9.31. The number of phosphoric acid groups is 1. The predicted molar refractivity (Wildman–Crippen MR) is 143 cm³/mol. The van der Waals surface area contributed by atoms with Gasteiger partial charge in [0.25, 0.3) is 0 Å². The molecule has 0 aliphatic heterocycles. The Hall–Kier alpha value is -3.11. The van der Waals surface area contributed by atoms with E-state index in [1.54, 1.807) is 26.8 Å². The minimum atomic E-state index is -4.64. The minimum absolute atomic E-state index is 0.0310. The fourth-order valence-corrected chi connectivity index (χ4v) is 5.19. The summed E-state index contributed by atoms with van der Waals surface area (Å²) in [6.45, 7) is 9.81. The molecule has 1 aliphatic carbocycles. The molecule has 12 nitrogen and oxygen atoms in total. The maximum Gasteiger partial charge on any atom is 0.510 e. The van der Waals surface area contributed by atoms with Gasteiger partial charge in [0.15, 0.2) is 18.4 Å². The number of fused-ring (bicyclic) bond motifs is 1. The number of hydrogen-bond donors (Lipinski definition) is 2. The molecule has 2 N–H and O–H groups in total. The number of nitriles is 1. The molecule has 0 unspecified atom stereocenters. The van der Waals surface area contributed by atoms with Gasteiger partial charge in [0, 0.05) is 12.0 Å². The van der Waals surface area contributed by atoms with Crippen LogP contribution in [0.15, 0.2) is 6.07 Å². The first-order chi connectivity index (χ1) is 18.8. The Morgan fingerprint density at radius 2 is 1.73 bits per heavy atom. The normalized spacial score (nSPS) is 18.2. The molecule has 1 saturated carbocycles. The zero-order valence-corrected chi connectivity index (χ0v) is 24.7. The van der Waals surface area contributed by atoms with Crippen LogP contribution in [0.2, 0.25) is 0 Å². The second-order valence-electron chi connectivity index (χ2n) is 12.1. The van der Waals surface area contributed by atoms with Crippen molar-refractivity contribution in [2.75, 3.05) is 11.6 Å². The molecular formula is C26H35F2N4O8P. The van der Waals surface area contributed by atoms with Gasteiger partial charge in [-0.25, -0.2) is 28.0 Å². The maximum atomic E-state index is 15.4. The second-order valence-corrected chi connectivity index (χ2v) is 13.3. The van der Waals surface area contributed by atoms with E-state index in [1.807, 2.05) is 20.8 Å². The number of aromatic nitrogens is 2. The predicted octanol–water partition coefficient (Wildman–Crippen LogP) is 5.24. The summed E-state index contributed by atoms with van der Waals surface area (Å²) in [5.41, 5.74) is -2.70. The Morgan fingerprint density at radius 3 is 2.24 bits per heavy atom. The van der Waals surface area contributed by atoms with Crippen molar-refractivity contribution in [2.24, 2.45) is 5.41 Å². The van der Waals surface area contributed by atoms with Gasteiger partial charge >= 0.3 is 14.0 Å². The largest absolute Gasteiger partial charge is 0.510 e. The number of rotatable bonds is 7. The highest BCUT2D eigenvalue weighted by molar-refractivity contribution is 7.46. The minimum Gasteiger partial charge on any atom is -0.431 e. The maximum absolute atomic E-state index is 15.4. The van der Waals surface area contributed by atoms with E-state index in [2.05, 4.69) is 4.98 Å². The fourth-order valence-electron chi connectivity index (χ4n) is 4.59. The molecule has 2 aromatic rings. The zero-order valence-electron chi connectivity index (χ0n) is 23.8. The Kier molecular flexibility index (Phi) is 9.50. The zero-order chi connectivity index (χ0) is 30.9. The summed E-state index contributed by atoms with van der Waals surface area (Å²) in [4.78, 5) is 49.3. The van der Waals surface area contributed by atoms with Crippen molar-refractivity contribution in [1.29, 1.82) is 5.26 Å². The molecule has 41 heavy (non-hydrogen) atoms. The van der Waals surface area contributed by atoms with Crippen molar-refractivity contribution in [3.8, 4) is 6.07 Å². The van der Waals surface area contributed by atoms with Gasteiger partial charge in [-0.05, 0) is 57.9 Å². The first kappa shape index (κ1) is 32.4. The summed E-state index contributed by atoms with van der Waals surface area (Å²) in [7, 11) is -4.64. The van der Waals surface area contributed by atoms with Gasteiger partial charge in [0.2, 0.25) is 11.9 Å². The van der Waals surface area contributed by atoms with Crippen LogP contribution < -0.4 is 4.90 Å². The van der Waals surface area contributed by atoms with Gasteiger partial charge in [0.1, 0.15) is 23.2 Å². The van der Waals surface area contributed by atoms with Gasteiger partial charge in [-0.15, -0.1) is 0 Å². The molecule has 0 radical (unpaired) electrons. The molecule has 1 aliphatic rings. The molecule has 1 fully saturated rings. The quantitative estimate of drug-likeness (QED) is 0.244. The first-order valence-electron chi connectivity index (χ1n) is 13.0. The third-order valence-corrected chi connectivity index (χ3v) is 6.87. The standard InChI is InChI=1S/C26H35F2N4O8P/c1-25(2,3)12-19(33)31(14-38-24(34)39-16-7-9-17(10-8-16)40-41(35,36)37)23-30-21-18(27)11-15(13-29)20(28)22(21)32(23)26(4,5)6/h11,16-17H,7-10,12,14H2,1-6H3,(H2,35,36,37). The third kappa shape index (κ3) is 8.23. The van der Waals surface area contributed by atoms with Crippen LogP contribution in [0.5, 0.6) is 0 Å². The van der Waals surface area contributed by atoms with E-state index >= 15 is 4.39 Å². The number of amides is 1. The summed E-state index contributed by atoms with van der Waals surface area (Å²) >= 11 is 0. The number of anilines is 1. The summed E-state index contributed by atoms with van der Waals surface area (Å²) in [6.07, 6.45) is -1.39. The van der Waals surface area contributed by atoms with E-state index in [1.165, 1.54) is 4.57 Å². The van der Waals surface area contributed by atoms with E-state index in [4.69, 9.17) is 23.8 Å². The number of nitrogens with zero attached hydrogens (tertiary/aromatic N) is 4. The van der Waals surface area contributed by atoms with E-state index in [9.17, 15) is 23.8 Å². The number of halogens is 2. The van der Waals surface area contributed by atoms with Crippen molar-refractivity contribution in [3.63, 3.8) is 0 Å². The van der Waals surface area contributed by atoms with Gasteiger partial charge in [-0.1, -0.05) is 20.8 Å². The van der Waals surface area contributed by atoms with Gasteiger partial charge in [0.05, 0.1) is 11.7 Å². The van der Waals surface area contributed by atoms with Crippen molar-refractivity contribution in [2.45, 2.75) is 91.4 Å². The molecule has 0 bridgehead atoms. The highest BCUT2D eigenvalue weighted by Gasteiger charge is 2.35. The van der Waals surface area contributed by atoms with Crippen LogP contribution >= 0.6 is 7.82 Å². The Labute approximate surface area is 236 Å². The third-order valence-electron chi connectivity index (χ3n) is 6.30. The molecule has 3 rings (SSSR count). The van der Waals surface area contributed by atoms with Gasteiger partial charge in [-0.2, -0.15) is 5.26 Å². The Morgan fingerprint density at radius 1 is 1.15 bits per heavy atom. The highest BCUT2D eigenvalue weighted by atomic mass is 31.2. The van der Waals surface area contributed by atoms with Crippen LogP contribution in [-0.4, -0.2) is 50.3 Å². The summed E-state index contributed by atoms with van der Waals surface area (Å²) in [6, 6.07) is 2.36. The van der Waals surface area contributed by atoms with Crippen LogP contribution in [0.4, 0.5) is 19.5 Å². The molecule has 1 aromatic heterocycles. The van der Waals surface area contributed by atoms with E-state index < -0.39 is 72.5 Å². The van der Waals surface area contributed by atoms with E-state index in [-0.39, 0.29) is 43.6 Å². The molecule has 0 spiro atoms. The van der Waals surface area contributed by atoms with Crippen LogP contribution in [0.3, 0.4) is 0 Å². The molecule has 1 heterocycles. The lowest BCUT2D eigenvalue weighted by molar-refractivity contribution is -0.121. The average molecular weight is 601 g/mol. The Bertz CT molecular complexity index is 1400. The number of ether oxygens (including phenoxy) is 2. The number of carbonyl (C=O) groups excluding carboxylic acids is 2. The lowest BCUT2D eigenvalue weighted by Crippen LogP contribution is -2.40. The van der Waals surface area contributed by atoms with Crippen LogP contribution in [0.25, 0.3) is 11.0 Å². The Balaban J connectivity index is 1.90. The first-order valence-corrected chi connectivity index (χ1v) is 14.5. The van der Waals surface area contributed by atoms with Crippen LogP contribution in [0.1, 0.15) is 79.2 Å². The number of carbonyl (C=O) groups is 2. The average Bonchev–Trinajstić information content (AvgIpc) is 3.22. The van der Waals surface area contributed by atoms with Gasteiger partial charge < -0.3 is 23.8 Å². The molecule has 1 amide bonds. The van der Waals surface area contributed by atoms with Crippen LogP contribution in [0, 0.1) is 28.4 Å². The molecule has 0 atom stereocenters. The van der Waals surface area contributed by atoms with Crippen molar-refractivity contribution >= 4 is 36.9 Å². The molecule has 15 heteroatoms. The van der Waals surface area contributed by atoms with E-state index in [0.717, 1.165) is 11.0 Å². The molecule has 0 saturated heterocycles. The molecular weight excluding hydrogens is 565 g/mol. The number of benzene rings is 1. The van der Waals surface area contributed by atoms with Crippen molar-refractivity contribution in [1.82, 2.24) is 9.55 Å². The topological polar surface area (TPSA) is 164 Å². The fraction of sp³-hybridized carbons (Fsp3) is 0.615. The number of hydrogen-bond acceptors (Lipinski definition) is 8. The monoisotopic (exact) mass is 600 g/mol.